The van der Waals surface area contributed by atoms with Gasteiger partial charge in [0.2, 0.25) is 5.91 Å². The number of hydrogen-bond acceptors (Lipinski definition) is 3. The third-order valence-corrected chi connectivity index (χ3v) is 3.95. The maximum atomic E-state index is 11.9. The van der Waals surface area contributed by atoms with E-state index in [4.69, 9.17) is 27.6 Å². The van der Waals surface area contributed by atoms with Crippen molar-refractivity contribution in [2.75, 3.05) is 20.1 Å². The zero-order valence-corrected chi connectivity index (χ0v) is 14.7. The number of nitrogens with zero attached hydrogens (tertiary/aromatic N) is 1. The zero-order valence-electron chi connectivity index (χ0n) is 13.2. The molecule has 0 aliphatic heterocycles. The maximum Gasteiger partial charge on any atom is 0.234 e. The van der Waals surface area contributed by atoms with Crippen molar-refractivity contribution < 1.29 is 9.21 Å². The molecule has 1 aromatic carbocycles. The molecule has 2 rings (SSSR count). The number of amides is 1. The first-order valence-corrected chi connectivity index (χ1v) is 8.14. The normalized spacial score (nSPS) is 11.0. The van der Waals surface area contributed by atoms with Gasteiger partial charge in [0.05, 0.1) is 13.1 Å². The van der Waals surface area contributed by atoms with Crippen molar-refractivity contribution >= 4 is 29.1 Å². The van der Waals surface area contributed by atoms with E-state index in [0.29, 0.717) is 36.1 Å². The molecule has 0 bridgehead atoms. The second kappa shape index (κ2) is 8.39. The summed E-state index contributed by atoms with van der Waals surface area (Å²) >= 11 is 12.0. The molecule has 4 nitrogen and oxygen atoms in total. The van der Waals surface area contributed by atoms with Crippen LogP contribution in [-0.2, 0) is 17.8 Å². The monoisotopic (exact) mass is 354 g/mol. The lowest BCUT2D eigenvalue weighted by Crippen LogP contribution is -2.35. The number of furan rings is 1. The second-order valence-electron chi connectivity index (χ2n) is 5.52. The minimum absolute atomic E-state index is 0.0270. The standard InChI is InChI=1S/C17H20Cl2N2O2/c1-12-3-6-15(23-12)10-21(2)11-17(22)20-8-7-13-4-5-14(18)9-16(13)19/h3-6,9H,7-8,10-11H2,1-2H3,(H,20,22). The highest BCUT2D eigenvalue weighted by molar-refractivity contribution is 6.35. The number of carbonyl (C=O) groups is 1. The smallest absolute Gasteiger partial charge is 0.234 e. The van der Waals surface area contributed by atoms with Gasteiger partial charge in [-0.05, 0) is 50.2 Å². The summed E-state index contributed by atoms with van der Waals surface area (Å²) in [5.41, 5.74) is 0.968. The molecule has 1 N–H and O–H groups in total. The molecular weight excluding hydrogens is 335 g/mol. The van der Waals surface area contributed by atoms with Crippen LogP contribution in [0.1, 0.15) is 17.1 Å². The SMILES string of the molecule is Cc1ccc(CN(C)CC(=O)NCCc2ccc(Cl)cc2Cl)o1. The Morgan fingerprint density at radius 2 is 2.04 bits per heavy atom. The molecule has 0 fully saturated rings. The molecule has 1 aromatic heterocycles. The lowest BCUT2D eigenvalue weighted by molar-refractivity contribution is -0.122. The first kappa shape index (κ1) is 17.9. The van der Waals surface area contributed by atoms with Gasteiger partial charge in [0.1, 0.15) is 11.5 Å². The molecule has 0 aliphatic rings. The molecule has 1 heterocycles. The van der Waals surface area contributed by atoms with Crippen LogP contribution < -0.4 is 5.32 Å². The summed E-state index contributed by atoms with van der Waals surface area (Å²) in [5, 5.41) is 4.12. The Morgan fingerprint density at radius 3 is 2.70 bits per heavy atom. The van der Waals surface area contributed by atoms with Gasteiger partial charge in [0.25, 0.3) is 0 Å². The molecule has 0 spiro atoms. The molecular formula is C17H20Cl2N2O2. The van der Waals surface area contributed by atoms with E-state index in [1.807, 2.05) is 37.1 Å². The van der Waals surface area contributed by atoms with Crippen LogP contribution in [0.5, 0.6) is 0 Å². The Hall–Kier alpha value is -1.49. The first-order chi connectivity index (χ1) is 10.9. The van der Waals surface area contributed by atoms with E-state index in [1.54, 1.807) is 12.1 Å². The summed E-state index contributed by atoms with van der Waals surface area (Å²) in [4.78, 5) is 13.8. The summed E-state index contributed by atoms with van der Waals surface area (Å²) in [7, 11) is 1.88. The van der Waals surface area contributed by atoms with Crippen LogP contribution in [0.4, 0.5) is 0 Å². The van der Waals surface area contributed by atoms with Crippen molar-refractivity contribution in [3.8, 4) is 0 Å². The Morgan fingerprint density at radius 1 is 1.26 bits per heavy atom. The van der Waals surface area contributed by atoms with Crippen molar-refractivity contribution in [1.82, 2.24) is 10.2 Å². The largest absolute Gasteiger partial charge is 0.465 e. The predicted octanol–water partition coefficient (Wildman–Crippen LogP) is 3.69. The number of halogens is 2. The predicted molar refractivity (Wildman–Crippen MR) is 93.0 cm³/mol. The van der Waals surface area contributed by atoms with E-state index < -0.39 is 0 Å². The number of rotatable bonds is 7. The average molecular weight is 355 g/mol. The summed E-state index contributed by atoms with van der Waals surface area (Å²) in [5.74, 6) is 1.70. The fraction of sp³-hybridized carbons (Fsp3) is 0.353. The molecule has 0 unspecified atom stereocenters. The van der Waals surface area contributed by atoms with Gasteiger partial charge < -0.3 is 9.73 Å². The number of likely N-dealkylation sites (N-methyl/N-ethyl adjacent to an activating group) is 1. The van der Waals surface area contributed by atoms with Crippen LogP contribution in [-0.4, -0.2) is 30.9 Å². The molecule has 0 radical (unpaired) electrons. The topological polar surface area (TPSA) is 45.5 Å². The van der Waals surface area contributed by atoms with Crippen molar-refractivity contribution in [1.29, 1.82) is 0 Å². The highest BCUT2D eigenvalue weighted by Gasteiger charge is 2.09. The number of benzene rings is 1. The van der Waals surface area contributed by atoms with Gasteiger partial charge in [0.15, 0.2) is 0 Å². The van der Waals surface area contributed by atoms with Crippen molar-refractivity contribution in [3.63, 3.8) is 0 Å². The van der Waals surface area contributed by atoms with Gasteiger partial charge in [-0.2, -0.15) is 0 Å². The molecule has 0 saturated carbocycles. The molecule has 6 heteroatoms. The minimum Gasteiger partial charge on any atom is -0.465 e. The molecule has 124 valence electrons. The molecule has 2 aromatic rings. The lowest BCUT2D eigenvalue weighted by Gasteiger charge is -2.15. The fourth-order valence-corrected chi connectivity index (χ4v) is 2.76. The number of aryl methyl sites for hydroxylation is 1. The van der Waals surface area contributed by atoms with Crippen molar-refractivity contribution in [3.05, 3.63) is 57.5 Å². The van der Waals surface area contributed by atoms with Gasteiger partial charge in [-0.25, -0.2) is 0 Å². The molecule has 0 saturated heterocycles. The number of nitrogens with one attached hydrogen (secondary N) is 1. The third-order valence-electron chi connectivity index (χ3n) is 3.37. The van der Waals surface area contributed by atoms with Gasteiger partial charge in [-0.1, -0.05) is 29.3 Å². The van der Waals surface area contributed by atoms with Crippen molar-refractivity contribution in [2.45, 2.75) is 19.9 Å². The van der Waals surface area contributed by atoms with Gasteiger partial charge in [-0.3, -0.25) is 9.69 Å². The van der Waals surface area contributed by atoms with E-state index in [9.17, 15) is 4.79 Å². The van der Waals surface area contributed by atoms with Gasteiger partial charge in [0, 0.05) is 16.6 Å². The van der Waals surface area contributed by atoms with Gasteiger partial charge >= 0.3 is 0 Å². The maximum absolute atomic E-state index is 11.9. The number of carbonyl (C=O) groups excluding carboxylic acids is 1. The van der Waals surface area contributed by atoms with Crippen molar-refractivity contribution in [2.24, 2.45) is 0 Å². The Kier molecular flexibility index (Phi) is 6.51. The highest BCUT2D eigenvalue weighted by atomic mass is 35.5. The fourth-order valence-electron chi connectivity index (χ4n) is 2.25. The molecule has 0 atom stereocenters. The summed E-state index contributed by atoms with van der Waals surface area (Å²) < 4.78 is 5.50. The Labute approximate surface area is 146 Å². The Bertz CT molecular complexity index is 670. The summed E-state index contributed by atoms with van der Waals surface area (Å²) in [6.45, 7) is 3.35. The van der Waals surface area contributed by atoms with E-state index in [0.717, 1.165) is 17.1 Å². The van der Waals surface area contributed by atoms with Crippen LogP contribution in [0.2, 0.25) is 10.0 Å². The summed E-state index contributed by atoms with van der Waals surface area (Å²) in [6, 6.07) is 9.22. The van der Waals surface area contributed by atoms with E-state index in [1.165, 1.54) is 0 Å². The second-order valence-corrected chi connectivity index (χ2v) is 6.36. The molecule has 0 aliphatic carbocycles. The number of hydrogen-bond donors (Lipinski definition) is 1. The first-order valence-electron chi connectivity index (χ1n) is 7.38. The van der Waals surface area contributed by atoms with E-state index in [-0.39, 0.29) is 5.91 Å². The average Bonchev–Trinajstić information content (AvgIpc) is 2.86. The Balaban J connectivity index is 1.72. The highest BCUT2D eigenvalue weighted by Crippen LogP contribution is 2.21. The van der Waals surface area contributed by atoms with Crippen LogP contribution in [0.15, 0.2) is 34.7 Å². The zero-order chi connectivity index (χ0) is 16.8. The van der Waals surface area contributed by atoms with Crippen LogP contribution in [0.3, 0.4) is 0 Å². The molecule has 23 heavy (non-hydrogen) atoms. The van der Waals surface area contributed by atoms with E-state index >= 15 is 0 Å². The molecule has 1 amide bonds. The van der Waals surface area contributed by atoms with E-state index in [2.05, 4.69) is 5.32 Å². The van der Waals surface area contributed by atoms with Crippen LogP contribution in [0, 0.1) is 6.92 Å². The third kappa shape index (κ3) is 5.90. The van der Waals surface area contributed by atoms with Crippen LogP contribution in [0.25, 0.3) is 0 Å². The van der Waals surface area contributed by atoms with Crippen LogP contribution >= 0.6 is 23.2 Å². The quantitative estimate of drug-likeness (QED) is 0.824. The summed E-state index contributed by atoms with van der Waals surface area (Å²) in [6.07, 6.45) is 0.669. The van der Waals surface area contributed by atoms with Gasteiger partial charge in [-0.15, -0.1) is 0 Å². The minimum atomic E-state index is -0.0270. The lowest BCUT2D eigenvalue weighted by atomic mass is 10.1.